The summed E-state index contributed by atoms with van der Waals surface area (Å²) in [5, 5.41) is 16.9. The van der Waals surface area contributed by atoms with Crippen molar-refractivity contribution in [3.63, 3.8) is 0 Å². The van der Waals surface area contributed by atoms with E-state index in [2.05, 4.69) is 11.5 Å². The van der Waals surface area contributed by atoms with Crippen molar-refractivity contribution in [1.82, 2.24) is 4.57 Å². The molecule has 0 aliphatic carbocycles. The minimum absolute atomic E-state index is 0.142. The van der Waals surface area contributed by atoms with E-state index in [-0.39, 0.29) is 11.9 Å². The fourth-order valence-electron chi connectivity index (χ4n) is 2.29. The molecule has 9 nitrogen and oxygen atoms in total. The number of aromatic nitrogens is 1. The molecule has 2 rings (SSSR count). The monoisotopic (exact) mass is 406 g/mol. The van der Waals surface area contributed by atoms with Crippen LogP contribution in [-0.4, -0.2) is 40.8 Å². The Labute approximate surface area is 156 Å². The molecule has 0 saturated carbocycles. The van der Waals surface area contributed by atoms with Crippen LogP contribution in [0.15, 0.2) is 18.2 Å². The zero-order valence-electron chi connectivity index (χ0n) is 14.8. The number of rotatable bonds is 2. The van der Waals surface area contributed by atoms with Crippen LogP contribution >= 0.6 is 11.6 Å². The molecule has 0 bridgehead atoms. The van der Waals surface area contributed by atoms with Crippen LogP contribution in [-0.2, 0) is 17.2 Å². The lowest BCUT2D eigenvalue weighted by Crippen LogP contribution is -2.20. The molecule has 0 amide bonds. The number of nitrogens with zero attached hydrogens (tertiary/aromatic N) is 1. The van der Waals surface area contributed by atoms with E-state index in [1.54, 1.807) is 17.7 Å². The number of halogens is 1. The molecule has 2 aromatic rings. The zero-order chi connectivity index (χ0) is 20.8. The van der Waals surface area contributed by atoms with E-state index >= 15 is 0 Å². The third-order valence-corrected chi connectivity index (χ3v) is 3.22. The van der Waals surface area contributed by atoms with Crippen LogP contribution in [0.1, 0.15) is 35.8 Å². The van der Waals surface area contributed by atoms with Gasteiger partial charge in [-0.3, -0.25) is 9.96 Å². The second-order valence-corrected chi connectivity index (χ2v) is 7.53. The molecule has 0 unspecified atom stereocenters. The Morgan fingerprint density at radius 3 is 2.08 bits per heavy atom. The first-order valence-corrected chi connectivity index (χ1v) is 9.42. The highest BCUT2D eigenvalue weighted by atomic mass is 35.5. The summed E-state index contributed by atoms with van der Waals surface area (Å²) in [5.74, 6) is -1.09. The Morgan fingerprint density at radius 2 is 1.73 bits per heavy atom. The lowest BCUT2D eigenvalue weighted by molar-refractivity contribution is 0.0685. The fourth-order valence-corrected chi connectivity index (χ4v) is 2.46. The lowest BCUT2D eigenvalue weighted by Gasteiger charge is -2.06. The summed E-state index contributed by atoms with van der Waals surface area (Å²) in [5.41, 5.74) is 11.0. The maximum absolute atomic E-state index is 11.3. The van der Waals surface area contributed by atoms with Crippen LogP contribution < -0.4 is 11.5 Å². The van der Waals surface area contributed by atoms with Gasteiger partial charge >= 0.3 is 5.97 Å². The molecule has 0 spiro atoms. The predicted molar refractivity (Wildman–Crippen MR) is 103 cm³/mol. The molecule has 0 fully saturated rings. The van der Waals surface area contributed by atoms with Gasteiger partial charge in [-0.15, -0.1) is 0 Å². The number of carbonyl (C=O) groups is 1. The minimum Gasteiger partial charge on any atom is -0.477 e. The quantitative estimate of drug-likeness (QED) is 0.288. The first kappa shape index (κ1) is 23.7. The van der Waals surface area contributed by atoms with Gasteiger partial charge in [0.25, 0.3) is 10.1 Å². The van der Waals surface area contributed by atoms with Crippen molar-refractivity contribution < 1.29 is 22.9 Å². The van der Waals surface area contributed by atoms with E-state index in [4.69, 9.17) is 21.6 Å². The van der Waals surface area contributed by atoms with E-state index in [0.717, 1.165) is 16.5 Å². The zero-order valence-corrected chi connectivity index (χ0v) is 16.4. The Hall–Kier alpha value is -2.30. The van der Waals surface area contributed by atoms with Gasteiger partial charge < -0.3 is 21.1 Å². The molecule has 1 aromatic carbocycles. The van der Waals surface area contributed by atoms with Gasteiger partial charge in [-0.1, -0.05) is 25.4 Å². The molecule has 7 N–H and O–H groups in total. The van der Waals surface area contributed by atoms with E-state index in [0.29, 0.717) is 17.0 Å². The average Bonchev–Trinajstić information content (AvgIpc) is 2.69. The van der Waals surface area contributed by atoms with E-state index in [1.165, 1.54) is 0 Å². The highest BCUT2D eigenvalue weighted by Crippen LogP contribution is 2.33. The number of aryl methyl sites for hydroxylation is 1. The average molecular weight is 407 g/mol. The number of nitrogens with one attached hydrogen (secondary N) is 1. The van der Waals surface area contributed by atoms with Crippen molar-refractivity contribution in [2.24, 2.45) is 18.5 Å². The third-order valence-electron chi connectivity index (χ3n) is 2.98. The molecule has 0 aliphatic rings. The number of benzene rings is 1. The number of hydrogen-bond acceptors (Lipinski definition) is 4. The molecule has 1 aromatic heterocycles. The summed E-state index contributed by atoms with van der Waals surface area (Å²) in [7, 11) is -1.90. The van der Waals surface area contributed by atoms with Crippen LogP contribution in [0.25, 0.3) is 10.9 Å². The number of aromatic carboxylic acids is 1. The Bertz CT molecular complexity index is 894. The fraction of sp³-hybridized carbons (Fsp3) is 0.333. The highest BCUT2D eigenvalue weighted by Gasteiger charge is 2.22. The third kappa shape index (κ3) is 7.72. The van der Waals surface area contributed by atoms with Crippen LogP contribution in [0.3, 0.4) is 0 Å². The van der Waals surface area contributed by atoms with Gasteiger partial charge in [0.1, 0.15) is 5.69 Å². The summed E-state index contributed by atoms with van der Waals surface area (Å²) in [6.07, 6.45) is 0.715. The molecule has 26 heavy (non-hydrogen) atoms. The van der Waals surface area contributed by atoms with Crippen LogP contribution in [0.5, 0.6) is 0 Å². The molecular formula is C15H23ClN4O5S. The molecule has 11 heteroatoms. The molecule has 1 heterocycles. The van der Waals surface area contributed by atoms with Gasteiger partial charge in [0.05, 0.1) is 6.26 Å². The minimum atomic E-state index is -3.67. The Morgan fingerprint density at radius 1 is 1.31 bits per heavy atom. The van der Waals surface area contributed by atoms with Crippen LogP contribution in [0.4, 0.5) is 0 Å². The number of nitrogens with two attached hydrogens (primary N) is 2. The summed E-state index contributed by atoms with van der Waals surface area (Å²) in [4.78, 5) is 11.3. The standard InChI is InChI=1S/C13H14ClNO2.CH5N3.CH4O3S/c1-7(2)11-9-6-8(14)4-5-10(9)15(3)12(11)13(16)17;2-1(3)4;1-5(2,3)4/h4-7H,1-3H3,(H,16,17);(H5,2,3,4);1H3,(H,2,3,4). The number of carboxylic acids is 1. The second-order valence-electron chi connectivity index (χ2n) is 5.63. The van der Waals surface area contributed by atoms with Gasteiger partial charge in [-0.05, 0) is 29.7 Å². The second kappa shape index (κ2) is 9.41. The summed E-state index contributed by atoms with van der Waals surface area (Å²) < 4.78 is 27.6. The first-order valence-electron chi connectivity index (χ1n) is 7.19. The van der Waals surface area contributed by atoms with Crippen LogP contribution in [0.2, 0.25) is 5.02 Å². The molecule has 0 atom stereocenters. The number of carboxylic acid groups (broad SMARTS) is 1. The van der Waals surface area contributed by atoms with E-state index < -0.39 is 16.1 Å². The molecular weight excluding hydrogens is 384 g/mol. The SMILES string of the molecule is CC(C)c1c(C(=O)O)n(C)c2ccc(Cl)cc12.CS(=O)(=O)O.N=C(N)N. The molecule has 0 radical (unpaired) electrons. The topological polar surface area (TPSA) is 172 Å². The Balaban J connectivity index is 0.000000582. The Kier molecular flexibility index (Phi) is 8.58. The lowest BCUT2D eigenvalue weighted by atomic mass is 9.99. The van der Waals surface area contributed by atoms with Crippen molar-refractivity contribution in [1.29, 1.82) is 5.41 Å². The van der Waals surface area contributed by atoms with Gasteiger partial charge in [0.2, 0.25) is 0 Å². The van der Waals surface area contributed by atoms with Gasteiger partial charge in [0, 0.05) is 23.0 Å². The normalized spacial score (nSPS) is 10.6. The van der Waals surface area contributed by atoms with Crippen molar-refractivity contribution in [3.8, 4) is 0 Å². The van der Waals surface area contributed by atoms with Crippen molar-refractivity contribution in [2.75, 3.05) is 6.26 Å². The number of guanidine groups is 1. The highest BCUT2D eigenvalue weighted by molar-refractivity contribution is 7.85. The smallest absolute Gasteiger partial charge is 0.352 e. The van der Waals surface area contributed by atoms with Crippen molar-refractivity contribution in [2.45, 2.75) is 19.8 Å². The van der Waals surface area contributed by atoms with Crippen molar-refractivity contribution in [3.05, 3.63) is 34.5 Å². The van der Waals surface area contributed by atoms with E-state index in [9.17, 15) is 18.3 Å². The molecule has 0 aliphatic heterocycles. The van der Waals surface area contributed by atoms with Gasteiger partial charge in [-0.25, -0.2) is 4.79 Å². The van der Waals surface area contributed by atoms with Crippen LogP contribution in [0, 0.1) is 5.41 Å². The van der Waals surface area contributed by atoms with Crippen molar-refractivity contribution >= 4 is 44.6 Å². The maximum atomic E-state index is 11.3. The largest absolute Gasteiger partial charge is 0.477 e. The molecule has 146 valence electrons. The predicted octanol–water partition coefficient (Wildman–Crippen LogP) is 2.00. The maximum Gasteiger partial charge on any atom is 0.352 e. The summed E-state index contributed by atoms with van der Waals surface area (Å²) in [6, 6.07) is 5.47. The van der Waals surface area contributed by atoms with E-state index in [1.807, 2.05) is 26.0 Å². The van der Waals surface area contributed by atoms with Gasteiger partial charge in [0.15, 0.2) is 5.96 Å². The number of fused-ring (bicyclic) bond motifs is 1. The summed E-state index contributed by atoms with van der Waals surface area (Å²) >= 11 is 5.98. The first-order chi connectivity index (χ1) is 11.7. The number of hydrogen-bond donors (Lipinski definition) is 5. The molecule has 0 saturated heterocycles. The van der Waals surface area contributed by atoms with Gasteiger partial charge in [-0.2, -0.15) is 8.42 Å². The summed E-state index contributed by atoms with van der Waals surface area (Å²) in [6.45, 7) is 3.98.